The van der Waals surface area contributed by atoms with E-state index in [-0.39, 0.29) is 18.5 Å². The van der Waals surface area contributed by atoms with E-state index in [1.165, 1.54) is 135 Å². The van der Waals surface area contributed by atoms with Gasteiger partial charge in [-0.05, 0) is 89.9 Å². The van der Waals surface area contributed by atoms with E-state index in [0.717, 1.165) is 103 Å². The first-order valence-electron chi connectivity index (χ1n) is 30.6. The predicted octanol–water partition coefficient (Wildman–Crippen LogP) is 14.2. The van der Waals surface area contributed by atoms with Crippen molar-refractivity contribution >= 4 is 11.9 Å². The van der Waals surface area contributed by atoms with Crippen molar-refractivity contribution in [3.05, 3.63) is 60.8 Å². The molecule has 0 saturated carbocycles. The number of carbonyl (C=O) groups excluding carboxylic acids is 2. The fourth-order valence-electron chi connectivity index (χ4n) is 9.23. The number of esters is 1. The van der Waals surface area contributed by atoms with Gasteiger partial charge < -0.3 is 45.1 Å². The predicted molar refractivity (Wildman–Crippen MR) is 306 cm³/mol. The highest BCUT2D eigenvalue weighted by Gasteiger charge is 2.44. The zero-order valence-electron chi connectivity index (χ0n) is 47.3. The number of carbonyl (C=O) groups is 2. The molecular weight excluding hydrogens is 931 g/mol. The lowest BCUT2D eigenvalue weighted by Gasteiger charge is -2.40. The molecule has 1 saturated heterocycles. The minimum absolute atomic E-state index is 0.0442. The molecule has 0 bridgehead atoms. The highest BCUT2D eigenvalue weighted by molar-refractivity contribution is 5.76. The van der Waals surface area contributed by atoms with Crippen LogP contribution in [0.15, 0.2) is 60.8 Å². The topological polar surface area (TPSA) is 175 Å². The van der Waals surface area contributed by atoms with Gasteiger partial charge >= 0.3 is 5.97 Å². The number of rotatable bonds is 52. The van der Waals surface area contributed by atoms with Gasteiger partial charge in [0.25, 0.3) is 0 Å². The molecule has 430 valence electrons. The van der Waals surface area contributed by atoms with Crippen LogP contribution in [0, 0.1) is 0 Å². The molecule has 1 amide bonds. The van der Waals surface area contributed by atoms with Gasteiger partial charge in [0.05, 0.1) is 32.0 Å². The SMILES string of the molecule is CCC/C=C\C/C=C\CCCCCCCC(=O)OCCCCC/C=C\C=C/CCCCCCCCCCCCC(=O)NC(COC1OC(CO)C(O)C(O)C1O)C(O)/C=C/CCCCCCCCCCCCCC. The van der Waals surface area contributed by atoms with Gasteiger partial charge in [-0.15, -0.1) is 0 Å². The number of hydrogen-bond donors (Lipinski definition) is 6. The van der Waals surface area contributed by atoms with Crippen LogP contribution in [0.3, 0.4) is 0 Å². The molecule has 7 unspecified atom stereocenters. The summed E-state index contributed by atoms with van der Waals surface area (Å²) >= 11 is 0. The number of nitrogens with one attached hydrogen (secondary N) is 1. The summed E-state index contributed by atoms with van der Waals surface area (Å²) in [6.07, 6.45) is 57.3. The standard InChI is InChI=1S/C63H113NO10/c1-3-5-7-9-11-13-15-17-26-29-33-37-41-45-49-56(66)55(54-73-63-62(71)61(70)60(69)57(53-65)74-63)64-58(67)50-46-42-38-34-30-27-23-21-19-18-20-22-24-28-32-36-40-44-48-52-72-59(68)51-47-43-39-35-31-25-16-14-12-10-8-6-4-2/h8,10,14,16,22,24,28,32,45,49,55-57,60-63,65-66,69-71H,3-7,9,11-13,15,17-21,23,25-27,29-31,33-44,46-48,50-54H2,1-2H3,(H,64,67)/b10-8-,16-14-,24-22-,32-28-,49-45+. The molecular formula is C63H113NO10. The Balaban J connectivity index is 2.12. The molecule has 1 aliphatic heterocycles. The van der Waals surface area contributed by atoms with Crippen molar-refractivity contribution in [2.24, 2.45) is 0 Å². The quantitative estimate of drug-likeness (QED) is 0.0149. The molecule has 1 aliphatic rings. The lowest BCUT2D eigenvalue weighted by Crippen LogP contribution is -2.60. The molecule has 0 spiro atoms. The Morgan fingerprint density at radius 1 is 0.514 bits per heavy atom. The second-order valence-electron chi connectivity index (χ2n) is 21.1. The van der Waals surface area contributed by atoms with Crippen LogP contribution in [0.5, 0.6) is 0 Å². The van der Waals surface area contributed by atoms with E-state index < -0.39 is 49.5 Å². The van der Waals surface area contributed by atoms with Crippen molar-refractivity contribution < 1.29 is 49.3 Å². The lowest BCUT2D eigenvalue weighted by molar-refractivity contribution is -0.302. The maximum absolute atomic E-state index is 13.0. The summed E-state index contributed by atoms with van der Waals surface area (Å²) in [5, 5.41) is 54.4. The summed E-state index contributed by atoms with van der Waals surface area (Å²) in [5.41, 5.74) is 0. The summed E-state index contributed by atoms with van der Waals surface area (Å²) in [6, 6.07) is -0.819. The monoisotopic (exact) mass is 1040 g/mol. The fraction of sp³-hybridized carbons (Fsp3) is 0.810. The Kier molecular flexibility index (Phi) is 49.1. The van der Waals surface area contributed by atoms with E-state index in [2.05, 4.69) is 67.8 Å². The van der Waals surface area contributed by atoms with E-state index in [0.29, 0.717) is 19.4 Å². The zero-order valence-corrected chi connectivity index (χ0v) is 47.3. The van der Waals surface area contributed by atoms with Crippen LogP contribution >= 0.6 is 0 Å². The van der Waals surface area contributed by atoms with E-state index in [1.54, 1.807) is 6.08 Å². The molecule has 1 heterocycles. The number of aliphatic hydroxyl groups excluding tert-OH is 5. The number of aliphatic hydroxyl groups is 5. The highest BCUT2D eigenvalue weighted by Crippen LogP contribution is 2.23. The Labute approximate surface area is 452 Å². The number of unbranched alkanes of at least 4 members (excludes halogenated alkanes) is 31. The van der Waals surface area contributed by atoms with Crippen LogP contribution in [0.25, 0.3) is 0 Å². The minimum Gasteiger partial charge on any atom is -0.466 e. The third-order valence-corrected chi connectivity index (χ3v) is 14.1. The molecule has 0 aliphatic carbocycles. The van der Waals surface area contributed by atoms with Gasteiger partial charge in [0.15, 0.2) is 6.29 Å². The lowest BCUT2D eigenvalue weighted by atomic mass is 9.99. The zero-order chi connectivity index (χ0) is 53.8. The second-order valence-corrected chi connectivity index (χ2v) is 21.1. The van der Waals surface area contributed by atoms with Crippen LogP contribution in [-0.4, -0.2) is 100 Å². The van der Waals surface area contributed by atoms with Crippen LogP contribution in [0.4, 0.5) is 0 Å². The maximum Gasteiger partial charge on any atom is 0.305 e. The summed E-state index contributed by atoms with van der Waals surface area (Å²) in [6.45, 7) is 4.22. The van der Waals surface area contributed by atoms with Crippen LogP contribution < -0.4 is 5.32 Å². The van der Waals surface area contributed by atoms with Crippen molar-refractivity contribution in [3.63, 3.8) is 0 Å². The molecule has 0 radical (unpaired) electrons. The van der Waals surface area contributed by atoms with Gasteiger partial charge in [0.2, 0.25) is 5.91 Å². The van der Waals surface area contributed by atoms with Crippen molar-refractivity contribution in [2.45, 2.75) is 307 Å². The maximum atomic E-state index is 13.0. The highest BCUT2D eigenvalue weighted by atomic mass is 16.7. The molecule has 11 heteroatoms. The van der Waals surface area contributed by atoms with Crippen molar-refractivity contribution in [3.8, 4) is 0 Å². The van der Waals surface area contributed by atoms with Crippen LogP contribution in [0.2, 0.25) is 0 Å². The van der Waals surface area contributed by atoms with Gasteiger partial charge in [-0.25, -0.2) is 0 Å². The van der Waals surface area contributed by atoms with Gasteiger partial charge in [0.1, 0.15) is 24.4 Å². The molecule has 7 atom stereocenters. The van der Waals surface area contributed by atoms with E-state index in [4.69, 9.17) is 14.2 Å². The Morgan fingerprint density at radius 2 is 0.973 bits per heavy atom. The van der Waals surface area contributed by atoms with E-state index >= 15 is 0 Å². The van der Waals surface area contributed by atoms with Crippen molar-refractivity contribution in [1.29, 1.82) is 0 Å². The van der Waals surface area contributed by atoms with E-state index in [1.807, 2.05) is 6.08 Å². The summed E-state index contributed by atoms with van der Waals surface area (Å²) in [7, 11) is 0. The molecule has 0 aromatic heterocycles. The van der Waals surface area contributed by atoms with E-state index in [9.17, 15) is 35.1 Å². The normalized spacial score (nSPS) is 19.3. The van der Waals surface area contributed by atoms with Crippen molar-refractivity contribution in [1.82, 2.24) is 5.32 Å². The Hall–Kier alpha value is -2.64. The molecule has 6 N–H and O–H groups in total. The molecule has 0 aromatic carbocycles. The number of amides is 1. The molecule has 1 fully saturated rings. The van der Waals surface area contributed by atoms with Gasteiger partial charge in [0, 0.05) is 12.8 Å². The Morgan fingerprint density at radius 3 is 1.50 bits per heavy atom. The van der Waals surface area contributed by atoms with Crippen LogP contribution in [0.1, 0.15) is 264 Å². The average Bonchev–Trinajstić information content (AvgIpc) is 3.40. The molecule has 11 nitrogen and oxygen atoms in total. The summed E-state index contributed by atoms with van der Waals surface area (Å²) in [4.78, 5) is 25.1. The fourth-order valence-corrected chi connectivity index (χ4v) is 9.23. The second kappa shape index (κ2) is 52.4. The molecule has 0 aromatic rings. The largest absolute Gasteiger partial charge is 0.466 e. The average molecular weight is 1040 g/mol. The third kappa shape index (κ3) is 41.5. The van der Waals surface area contributed by atoms with Gasteiger partial charge in [-0.3, -0.25) is 9.59 Å². The smallest absolute Gasteiger partial charge is 0.305 e. The van der Waals surface area contributed by atoms with Crippen LogP contribution in [-0.2, 0) is 23.8 Å². The first-order valence-corrected chi connectivity index (χ1v) is 30.6. The number of hydrogen-bond acceptors (Lipinski definition) is 10. The minimum atomic E-state index is -1.58. The third-order valence-electron chi connectivity index (χ3n) is 14.1. The Bertz CT molecular complexity index is 1410. The number of allylic oxidation sites excluding steroid dienone is 9. The van der Waals surface area contributed by atoms with Gasteiger partial charge in [-0.1, -0.05) is 222 Å². The first-order chi connectivity index (χ1) is 36.2. The van der Waals surface area contributed by atoms with Crippen molar-refractivity contribution in [2.75, 3.05) is 19.8 Å². The number of ether oxygens (including phenoxy) is 3. The first kappa shape index (κ1) is 69.4. The van der Waals surface area contributed by atoms with Gasteiger partial charge in [-0.2, -0.15) is 0 Å². The molecule has 74 heavy (non-hydrogen) atoms. The summed E-state index contributed by atoms with van der Waals surface area (Å²) < 4.78 is 16.7. The molecule has 1 rings (SSSR count). The summed E-state index contributed by atoms with van der Waals surface area (Å²) in [5.74, 6) is -0.236.